The number of benzene rings is 1. The van der Waals surface area contributed by atoms with E-state index in [-0.39, 0.29) is 6.61 Å². The van der Waals surface area contributed by atoms with Gasteiger partial charge in [0, 0.05) is 16.7 Å². The summed E-state index contributed by atoms with van der Waals surface area (Å²) in [4.78, 5) is 3.48. The van der Waals surface area contributed by atoms with E-state index in [0.717, 1.165) is 12.2 Å². The van der Waals surface area contributed by atoms with Crippen LogP contribution >= 0.6 is 11.8 Å². The van der Waals surface area contributed by atoms with Crippen molar-refractivity contribution in [2.75, 3.05) is 12.4 Å². The summed E-state index contributed by atoms with van der Waals surface area (Å²) in [5.74, 6) is 0.758. The molecule has 3 heteroatoms. The molecule has 0 saturated carbocycles. The van der Waals surface area contributed by atoms with Gasteiger partial charge >= 0.3 is 0 Å². The van der Waals surface area contributed by atoms with Crippen molar-refractivity contribution in [2.45, 2.75) is 37.6 Å². The van der Waals surface area contributed by atoms with E-state index in [4.69, 9.17) is 5.11 Å². The highest BCUT2D eigenvalue weighted by atomic mass is 32.2. The molecule has 2 rings (SSSR count). The lowest BCUT2D eigenvalue weighted by atomic mass is 10.1. The Kier molecular flexibility index (Phi) is 5.14. The van der Waals surface area contributed by atoms with Gasteiger partial charge in [-0.1, -0.05) is 38.0 Å². The molecule has 18 heavy (non-hydrogen) atoms. The highest BCUT2D eigenvalue weighted by Gasteiger charge is 2.10. The number of aliphatic hydroxyl groups excluding tert-OH is 1. The molecule has 0 atom stereocenters. The molecule has 2 nitrogen and oxygen atoms in total. The fraction of sp³-hybridized carbons (Fsp3) is 0.467. The number of unbranched alkanes of at least 4 members (excludes halogenated alkanes) is 2. The smallest absolute Gasteiger partial charge is 0.0765 e. The first kappa shape index (κ1) is 13.5. The zero-order chi connectivity index (χ0) is 12.8. The Morgan fingerprint density at radius 1 is 1.22 bits per heavy atom. The molecule has 0 fully saturated rings. The highest BCUT2D eigenvalue weighted by molar-refractivity contribution is 7.99. The van der Waals surface area contributed by atoms with Gasteiger partial charge in [-0.3, -0.25) is 0 Å². The van der Waals surface area contributed by atoms with Gasteiger partial charge in [0.25, 0.3) is 0 Å². The van der Waals surface area contributed by atoms with Crippen LogP contribution in [0.3, 0.4) is 0 Å². The Morgan fingerprint density at radius 2 is 2.06 bits per heavy atom. The third-order valence-electron chi connectivity index (χ3n) is 3.14. The number of aryl methyl sites for hydroxylation is 1. The largest absolute Gasteiger partial charge is 0.396 e. The van der Waals surface area contributed by atoms with E-state index >= 15 is 0 Å². The number of H-pyrrole nitrogens is 1. The Bertz CT molecular complexity index is 492. The van der Waals surface area contributed by atoms with E-state index in [1.807, 2.05) is 0 Å². The van der Waals surface area contributed by atoms with Crippen molar-refractivity contribution in [1.82, 2.24) is 4.98 Å². The van der Waals surface area contributed by atoms with Gasteiger partial charge in [0.15, 0.2) is 0 Å². The topological polar surface area (TPSA) is 36.0 Å². The molecule has 0 aliphatic rings. The van der Waals surface area contributed by atoms with E-state index in [1.165, 1.54) is 40.8 Å². The van der Waals surface area contributed by atoms with Crippen molar-refractivity contribution in [2.24, 2.45) is 0 Å². The zero-order valence-electron chi connectivity index (χ0n) is 10.9. The molecular weight excluding hydrogens is 242 g/mol. The van der Waals surface area contributed by atoms with Crippen molar-refractivity contribution in [3.05, 3.63) is 29.8 Å². The van der Waals surface area contributed by atoms with Crippen LogP contribution in [0.15, 0.2) is 29.3 Å². The third kappa shape index (κ3) is 3.09. The maximum Gasteiger partial charge on any atom is 0.0765 e. The van der Waals surface area contributed by atoms with Crippen molar-refractivity contribution in [1.29, 1.82) is 0 Å². The van der Waals surface area contributed by atoms with Crippen LogP contribution in [0.2, 0.25) is 0 Å². The lowest BCUT2D eigenvalue weighted by molar-refractivity contribution is 0.322. The lowest BCUT2D eigenvalue weighted by Gasteiger charge is -2.03. The minimum absolute atomic E-state index is 0.231. The van der Waals surface area contributed by atoms with Gasteiger partial charge in [-0.05, 0) is 24.5 Å². The molecule has 0 unspecified atom stereocenters. The quantitative estimate of drug-likeness (QED) is 0.585. The third-order valence-corrected chi connectivity index (χ3v) is 4.17. The summed E-state index contributed by atoms with van der Waals surface area (Å²) in [5, 5.41) is 11.6. The summed E-state index contributed by atoms with van der Waals surface area (Å²) in [6, 6.07) is 8.48. The van der Waals surface area contributed by atoms with Crippen LogP contribution in [0.1, 0.15) is 31.7 Å². The maximum atomic E-state index is 8.97. The fourth-order valence-corrected chi connectivity index (χ4v) is 3.11. The van der Waals surface area contributed by atoms with Gasteiger partial charge in [0.2, 0.25) is 0 Å². The van der Waals surface area contributed by atoms with Crippen molar-refractivity contribution in [3.63, 3.8) is 0 Å². The van der Waals surface area contributed by atoms with Crippen LogP contribution < -0.4 is 0 Å². The standard InChI is InChI=1S/C15H21NOS/c1-2-3-4-8-13-12-7-5-6-9-14(12)16-15(13)18-11-10-17/h5-7,9,16-17H,2-4,8,10-11H2,1H3. The molecule has 2 N–H and O–H groups in total. The van der Waals surface area contributed by atoms with Crippen molar-refractivity contribution >= 4 is 22.7 Å². The second-order valence-electron chi connectivity index (χ2n) is 4.51. The molecular formula is C15H21NOS. The molecule has 0 radical (unpaired) electrons. The molecule has 0 saturated heterocycles. The number of thioether (sulfide) groups is 1. The van der Waals surface area contributed by atoms with E-state index in [0.29, 0.717) is 0 Å². The molecule has 0 amide bonds. The van der Waals surface area contributed by atoms with Gasteiger partial charge in [-0.2, -0.15) is 0 Å². The van der Waals surface area contributed by atoms with Crippen LogP contribution in [0.25, 0.3) is 10.9 Å². The first-order valence-electron chi connectivity index (χ1n) is 6.70. The SMILES string of the molecule is CCCCCc1c(SCCO)[nH]c2ccccc12. The van der Waals surface area contributed by atoms with Crippen LogP contribution in [-0.2, 0) is 6.42 Å². The molecule has 1 aromatic carbocycles. The molecule has 2 aromatic rings. The summed E-state index contributed by atoms with van der Waals surface area (Å²) >= 11 is 1.73. The first-order chi connectivity index (χ1) is 8.86. The predicted molar refractivity (Wildman–Crippen MR) is 79.3 cm³/mol. The Morgan fingerprint density at radius 3 is 2.83 bits per heavy atom. The summed E-state index contributed by atoms with van der Waals surface area (Å²) < 4.78 is 0. The minimum Gasteiger partial charge on any atom is -0.396 e. The summed E-state index contributed by atoms with van der Waals surface area (Å²) in [6.45, 7) is 2.46. The van der Waals surface area contributed by atoms with Gasteiger partial charge in [-0.25, -0.2) is 0 Å². The predicted octanol–water partition coefficient (Wildman–Crippen LogP) is 3.99. The summed E-state index contributed by atoms with van der Waals surface area (Å²) in [6.07, 6.45) is 4.90. The maximum absolute atomic E-state index is 8.97. The minimum atomic E-state index is 0.231. The first-order valence-corrected chi connectivity index (χ1v) is 7.68. The normalized spacial score (nSPS) is 11.2. The number of aliphatic hydroxyl groups is 1. The molecule has 0 bridgehead atoms. The average Bonchev–Trinajstić information content (AvgIpc) is 2.75. The van der Waals surface area contributed by atoms with Gasteiger partial charge in [0.05, 0.1) is 11.6 Å². The van der Waals surface area contributed by atoms with Gasteiger partial charge in [0.1, 0.15) is 0 Å². The molecule has 98 valence electrons. The van der Waals surface area contributed by atoms with Crippen LogP contribution in [-0.4, -0.2) is 22.5 Å². The van der Waals surface area contributed by atoms with Gasteiger partial charge < -0.3 is 10.1 Å². The molecule has 1 heterocycles. The lowest BCUT2D eigenvalue weighted by Crippen LogP contribution is -1.90. The Hall–Kier alpha value is -0.930. The van der Waals surface area contributed by atoms with Crippen molar-refractivity contribution < 1.29 is 5.11 Å². The molecule has 0 spiro atoms. The number of nitrogens with one attached hydrogen (secondary N) is 1. The number of fused-ring (bicyclic) bond motifs is 1. The Balaban J connectivity index is 2.25. The van der Waals surface area contributed by atoms with Crippen LogP contribution in [0.5, 0.6) is 0 Å². The number of hydrogen-bond acceptors (Lipinski definition) is 2. The highest BCUT2D eigenvalue weighted by Crippen LogP contribution is 2.30. The summed E-state index contributed by atoms with van der Waals surface area (Å²) in [7, 11) is 0. The van der Waals surface area contributed by atoms with E-state index in [1.54, 1.807) is 11.8 Å². The number of hydrogen-bond donors (Lipinski definition) is 2. The second-order valence-corrected chi connectivity index (χ2v) is 5.61. The second kappa shape index (κ2) is 6.86. The average molecular weight is 263 g/mol. The molecule has 0 aliphatic heterocycles. The zero-order valence-corrected chi connectivity index (χ0v) is 11.7. The summed E-state index contributed by atoms with van der Waals surface area (Å²) in [5.41, 5.74) is 2.64. The number of rotatable bonds is 7. The number of aromatic amines is 1. The molecule has 0 aliphatic carbocycles. The monoisotopic (exact) mass is 263 g/mol. The number of para-hydroxylation sites is 1. The fourth-order valence-electron chi connectivity index (χ4n) is 2.25. The van der Waals surface area contributed by atoms with Crippen LogP contribution in [0.4, 0.5) is 0 Å². The van der Waals surface area contributed by atoms with Gasteiger partial charge in [-0.15, -0.1) is 11.8 Å². The number of aromatic nitrogens is 1. The Labute approximate surface area is 113 Å². The molecule has 1 aromatic heterocycles. The van der Waals surface area contributed by atoms with Crippen molar-refractivity contribution in [3.8, 4) is 0 Å². The van der Waals surface area contributed by atoms with Crippen LogP contribution in [0, 0.1) is 0 Å². The van der Waals surface area contributed by atoms with E-state index < -0.39 is 0 Å². The van der Waals surface area contributed by atoms with E-state index in [9.17, 15) is 0 Å². The van der Waals surface area contributed by atoms with E-state index in [2.05, 4.69) is 36.2 Å².